The Morgan fingerprint density at radius 3 is 2.89 bits per heavy atom. The van der Waals surface area contributed by atoms with Crippen LogP contribution in [-0.4, -0.2) is 32.3 Å². The normalized spacial score (nSPS) is 11.9. The molecule has 0 aliphatic heterocycles. The van der Waals surface area contributed by atoms with E-state index in [0.717, 1.165) is 27.4 Å². The van der Waals surface area contributed by atoms with Gasteiger partial charge in [0.15, 0.2) is 0 Å². The van der Waals surface area contributed by atoms with Crippen LogP contribution in [-0.2, 0) is 17.5 Å². The number of carbonyl (C=O) groups excluding carboxylic acids is 1. The Bertz CT molecular complexity index is 978. The Labute approximate surface area is 155 Å². The number of aryl methyl sites for hydroxylation is 1. The van der Waals surface area contributed by atoms with E-state index in [1.807, 2.05) is 18.4 Å². The van der Waals surface area contributed by atoms with Gasteiger partial charge in [-0.05, 0) is 41.3 Å². The number of hydrazone groups is 1. The lowest BCUT2D eigenvalue weighted by Gasteiger charge is -2.06. The number of aromatic nitrogens is 4. The summed E-state index contributed by atoms with van der Waals surface area (Å²) in [6.45, 7) is 1.65. The molecule has 0 aliphatic rings. The monoisotopic (exact) mass is 394 g/mol. The van der Waals surface area contributed by atoms with Crippen molar-refractivity contribution in [2.45, 2.75) is 19.6 Å². The SMILES string of the molecule is Cc1ccsc1/C=N\NC(=O)Cn1nnc(-c2cccc(C(F)(F)F)c2)n1. The van der Waals surface area contributed by atoms with Gasteiger partial charge in [0.1, 0.15) is 6.54 Å². The van der Waals surface area contributed by atoms with Gasteiger partial charge in [-0.1, -0.05) is 12.1 Å². The molecule has 3 aromatic rings. The zero-order valence-corrected chi connectivity index (χ0v) is 14.8. The van der Waals surface area contributed by atoms with Crippen molar-refractivity contribution in [2.24, 2.45) is 5.10 Å². The van der Waals surface area contributed by atoms with E-state index < -0.39 is 17.6 Å². The van der Waals surface area contributed by atoms with Crippen LogP contribution in [0.5, 0.6) is 0 Å². The summed E-state index contributed by atoms with van der Waals surface area (Å²) in [5.74, 6) is -0.500. The van der Waals surface area contributed by atoms with Crippen LogP contribution in [0.1, 0.15) is 16.0 Å². The highest BCUT2D eigenvalue weighted by Crippen LogP contribution is 2.31. The highest BCUT2D eigenvalue weighted by Gasteiger charge is 2.30. The maximum absolute atomic E-state index is 12.8. The third-order valence-corrected chi connectivity index (χ3v) is 4.41. The minimum absolute atomic E-state index is 0.00777. The number of hydrogen-bond donors (Lipinski definition) is 1. The van der Waals surface area contributed by atoms with Gasteiger partial charge in [-0.15, -0.1) is 21.5 Å². The van der Waals surface area contributed by atoms with Crippen molar-refractivity contribution in [3.8, 4) is 11.4 Å². The number of carbonyl (C=O) groups is 1. The molecule has 1 amide bonds. The average Bonchev–Trinajstić information content (AvgIpc) is 3.24. The highest BCUT2D eigenvalue weighted by atomic mass is 32.1. The molecule has 1 N–H and O–H groups in total. The van der Waals surface area contributed by atoms with Crippen molar-refractivity contribution in [3.63, 3.8) is 0 Å². The second-order valence-electron chi connectivity index (χ2n) is 5.48. The van der Waals surface area contributed by atoms with Crippen molar-refractivity contribution in [1.82, 2.24) is 25.6 Å². The minimum Gasteiger partial charge on any atom is -0.271 e. The molecule has 0 spiro atoms. The Balaban J connectivity index is 1.63. The topological polar surface area (TPSA) is 85.1 Å². The van der Waals surface area contributed by atoms with Crippen molar-refractivity contribution in [3.05, 3.63) is 51.7 Å². The summed E-state index contributed by atoms with van der Waals surface area (Å²) in [5.41, 5.74) is 2.72. The second kappa shape index (κ2) is 7.66. The molecule has 0 unspecified atom stereocenters. The molecular weight excluding hydrogens is 381 g/mol. The Hall–Kier alpha value is -3.08. The van der Waals surface area contributed by atoms with Crippen LogP contribution < -0.4 is 5.43 Å². The largest absolute Gasteiger partial charge is 0.416 e. The number of amides is 1. The summed E-state index contributed by atoms with van der Waals surface area (Å²) in [6.07, 6.45) is -2.94. The van der Waals surface area contributed by atoms with Crippen LogP contribution >= 0.6 is 11.3 Å². The Morgan fingerprint density at radius 2 is 2.19 bits per heavy atom. The number of tetrazole rings is 1. The summed E-state index contributed by atoms with van der Waals surface area (Å²) < 4.78 is 38.3. The third-order valence-electron chi connectivity index (χ3n) is 3.46. The molecule has 0 saturated carbocycles. The number of halogens is 3. The minimum atomic E-state index is -4.47. The maximum Gasteiger partial charge on any atom is 0.416 e. The standard InChI is InChI=1S/C16H13F3N6OS/c1-10-5-6-27-13(10)8-20-21-14(26)9-25-23-15(22-24-25)11-3-2-4-12(7-11)16(17,18)19/h2-8H,9H2,1H3,(H,21,26)/b20-8-. The van der Waals surface area contributed by atoms with E-state index in [4.69, 9.17) is 0 Å². The molecule has 0 bridgehead atoms. The first-order valence-corrected chi connectivity index (χ1v) is 8.52. The molecule has 0 fully saturated rings. The van der Waals surface area contributed by atoms with Crippen LogP contribution in [0.2, 0.25) is 0 Å². The van der Waals surface area contributed by atoms with E-state index >= 15 is 0 Å². The molecule has 0 radical (unpaired) electrons. The Kier molecular flexibility index (Phi) is 5.31. The summed E-state index contributed by atoms with van der Waals surface area (Å²) in [7, 11) is 0. The highest BCUT2D eigenvalue weighted by molar-refractivity contribution is 7.11. The van der Waals surface area contributed by atoms with Gasteiger partial charge in [-0.25, -0.2) is 5.43 Å². The first-order chi connectivity index (χ1) is 12.8. The van der Waals surface area contributed by atoms with Gasteiger partial charge in [0, 0.05) is 10.4 Å². The van der Waals surface area contributed by atoms with E-state index in [0.29, 0.717) is 0 Å². The molecule has 140 valence electrons. The number of rotatable bonds is 5. The van der Waals surface area contributed by atoms with Gasteiger partial charge in [0.2, 0.25) is 5.82 Å². The van der Waals surface area contributed by atoms with Gasteiger partial charge < -0.3 is 0 Å². The predicted molar refractivity (Wildman–Crippen MR) is 93.0 cm³/mol. The number of benzene rings is 1. The summed E-state index contributed by atoms with van der Waals surface area (Å²) in [6, 6.07) is 6.50. The second-order valence-corrected chi connectivity index (χ2v) is 6.43. The molecule has 0 atom stereocenters. The van der Waals surface area contributed by atoms with Crippen molar-refractivity contribution >= 4 is 23.5 Å². The Morgan fingerprint density at radius 1 is 1.37 bits per heavy atom. The maximum atomic E-state index is 12.8. The fraction of sp³-hybridized carbons (Fsp3) is 0.188. The third kappa shape index (κ3) is 4.76. The zero-order chi connectivity index (χ0) is 19.4. The molecule has 0 saturated heterocycles. The van der Waals surface area contributed by atoms with E-state index in [1.165, 1.54) is 29.7 Å². The molecule has 2 heterocycles. The number of alkyl halides is 3. The number of nitrogens with one attached hydrogen (secondary N) is 1. The van der Waals surface area contributed by atoms with Crippen molar-refractivity contribution in [1.29, 1.82) is 0 Å². The fourth-order valence-electron chi connectivity index (χ4n) is 2.10. The zero-order valence-electron chi connectivity index (χ0n) is 13.9. The number of nitrogens with zero attached hydrogens (tertiary/aromatic N) is 5. The quantitative estimate of drug-likeness (QED) is 0.533. The lowest BCUT2D eigenvalue weighted by Crippen LogP contribution is -2.24. The molecule has 7 nitrogen and oxygen atoms in total. The van der Waals surface area contributed by atoms with Crippen molar-refractivity contribution < 1.29 is 18.0 Å². The van der Waals surface area contributed by atoms with Gasteiger partial charge in [0.25, 0.3) is 5.91 Å². The molecule has 3 rings (SSSR count). The first kappa shape index (κ1) is 18.7. The van der Waals surface area contributed by atoms with Gasteiger partial charge in [-0.3, -0.25) is 4.79 Å². The van der Waals surface area contributed by atoms with Crippen LogP contribution in [0.15, 0.2) is 40.8 Å². The lowest BCUT2D eigenvalue weighted by molar-refractivity contribution is -0.137. The molecule has 1 aromatic carbocycles. The predicted octanol–water partition coefficient (Wildman–Crippen LogP) is 2.88. The summed E-state index contributed by atoms with van der Waals surface area (Å²) in [4.78, 5) is 13.8. The van der Waals surface area contributed by atoms with Gasteiger partial charge in [-0.2, -0.15) is 23.1 Å². The molecular formula is C16H13F3N6OS. The van der Waals surface area contributed by atoms with Crippen molar-refractivity contribution in [2.75, 3.05) is 0 Å². The molecule has 0 aliphatic carbocycles. The van der Waals surface area contributed by atoms with Gasteiger partial charge in [0.05, 0.1) is 11.8 Å². The lowest BCUT2D eigenvalue weighted by atomic mass is 10.1. The van der Waals surface area contributed by atoms with Gasteiger partial charge >= 0.3 is 6.18 Å². The summed E-state index contributed by atoms with van der Waals surface area (Å²) in [5, 5.41) is 17.1. The number of hydrogen-bond acceptors (Lipinski definition) is 6. The van der Waals surface area contributed by atoms with Crippen LogP contribution in [0.4, 0.5) is 13.2 Å². The van der Waals surface area contributed by atoms with E-state index in [1.54, 1.807) is 0 Å². The van der Waals surface area contributed by atoms with E-state index in [9.17, 15) is 18.0 Å². The smallest absolute Gasteiger partial charge is 0.271 e. The van der Waals surface area contributed by atoms with Crippen LogP contribution in [0, 0.1) is 6.92 Å². The fourth-order valence-corrected chi connectivity index (χ4v) is 2.89. The first-order valence-electron chi connectivity index (χ1n) is 7.64. The van der Waals surface area contributed by atoms with E-state index in [2.05, 4.69) is 25.9 Å². The van der Waals surface area contributed by atoms with E-state index in [-0.39, 0.29) is 17.9 Å². The van der Waals surface area contributed by atoms with Crippen LogP contribution in [0.3, 0.4) is 0 Å². The molecule has 11 heteroatoms. The molecule has 27 heavy (non-hydrogen) atoms. The summed E-state index contributed by atoms with van der Waals surface area (Å²) >= 11 is 1.49. The van der Waals surface area contributed by atoms with Crippen LogP contribution in [0.25, 0.3) is 11.4 Å². The average molecular weight is 394 g/mol. The molecule has 2 aromatic heterocycles. The number of thiophene rings is 1.